The second-order valence-electron chi connectivity index (χ2n) is 5.28. The monoisotopic (exact) mass is 404 g/mol. The van der Waals surface area contributed by atoms with Crippen molar-refractivity contribution < 1.29 is 19.4 Å². The first kappa shape index (κ1) is 17.2. The lowest BCUT2D eigenvalue weighted by Crippen LogP contribution is -2.06. The summed E-state index contributed by atoms with van der Waals surface area (Å²) in [6.45, 7) is 0. The van der Waals surface area contributed by atoms with Crippen molar-refractivity contribution in [2.45, 2.75) is 0 Å². The fourth-order valence-electron chi connectivity index (χ4n) is 2.72. The zero-order valence-electron chi connectivity index (χ0n) is 14.0. The number of nitrogens with one attached hydrogen (secondary N) is 1. The molecule has 7 heteroatoms. The lowest BCUT2D eigenvalue weighted by molar-refractivity contribution is 0.318. The van der Waals surface area contributed by atoms with Crippen molar-refractivity contribution in [3.05, 3.63) is 52.1 Å². The second-order valence-corrected chi connectivity index (χ2v) is 6.19. The SMILES string of the molecule is COc1cc(C(=NO)c2cc3cc(Br)ccc3[nH]2)cc(OC)c1OC. The number of rotatable bonds is 5. The van der Waals surface area contributed by atoms with Crippen molar-refractivity contribution in [3.8, 4) is 17.2 Å². The van der Waals surface area contributed by atoms with Crippen LogP contribution in [-0.2, 0) is 0 Å². The highest BCUT2D eigenvalue weighted by atomic mass is 79.9. The van der Waals surface area contributed by atoms with E-state index in [1.54, 1.807) is 12.1 Å². The summed E-state index contributed by atoms with van der Waals surface area (Å²) in [5.74, 6) is 1.44. The van der Waals surface area contributed by atoms with Gasteiger partial charge in [-0.2, -0.15) is 0 Å². The zero-order chi connectivity index (χ0) is 18.0. The van der Waals surface area contributed by atoms with Crippen LogP contribution in [0.2, 0.25) is 0 Å². The Morgan fingerprint density at radius 3 is 2.24 bits per heavy atom. The van der Waals surface area contributed by atoms with E-state index in [2.05, 4.69) is 26.1 Å². The summed E-state index contributed by atoms with van der Waals surface area (Å²) in [5.41, 5.74) is 2.60. The van der Waals surface area contributed by atoms with Crippen molar-refractivity contribution in [1.82, 2.24) is 4.98 Å². The molecule has 0 radical (unpaired) electrons. The highest BCUT2D eigenvalue weighted by molar-refractivity contribution is 9.10. The first-order chi connectivity index (χ1) is 12.1. The Kier molecular flexibility index (Phi) is 4.85. The number of halogens is 1. The zero-order valence-corrected chi connectivity index (χ0v) is 15.5. The maximum atomic E-state index is 9.61. The Bertz CT molecular complexity index is 924. The van der Waals surface area contributed by atoms with Crippen molar-refractivity contribution in [2.75, 3.05) is 21.3 Å². The summed E-state index contributed by atoms with van der Waals surface area (Å²) < 4.78 is 17.0. The van der Waals surface area contributed by atoms with Crippen LogP contribution in [0.1, 0.15) is 11.3 Å². The van der Waals surface area contributed by atoms with E-state index < -0.39 is 0 Å². The van der Waals surface area contributed by atoms with E-state index in [4.69, 9.17) is 14.2 Å². The molecule has 1 aromatic heterocycles. The minimum Gasteiger partial charge on any atom is -0.493 e. The Hall–Kier alpha value is -2.67. The van der Waals surface area contributed by atoms with Crippen molar-refractivity contribution >= 4 is 32.5 Å². The van der Waals surface area contributed by atoms with Crippen LogP contribution in [0, 0.1) is 0 Å². The summed E-state index contributed by atoms with van der Waals surface area (Å²) in [6.07, 6.45) is 0. The molecule has 3 aromatic rings. The largest absolute Gasteiger partial charge is 0.493 e. The van der Waals surface area contributed by atoms with Gasteiger partial charge < -0.3 is 24.4 Å². The van der Waals surface area contributed by atoms with Crippen LogP contribution in [0.4, 0.5) is 0 Å². The first-order valence-corrected chi connectivity index (χ1v) is 8.21. The van der Waals surface area contributed by atoms with E-state index in [1.165, 1.54) is 21.3 Å². The average molecular weight is 405 g/mol. The Morgan fingerprint density at radius 2 is 1.68 bits per heavy atom. The fraction of sp³-hybridized carbons (Fsp3) is 0.167. The molecule has 0 spiro atoms. The molecule has 25 heavy (non-hydrogen) atoms. The molecule has 0 aliphatic rings. The molecule has 130 valence electrons. The Labute approximate surface area is 153 Å². The molecule has 0 saturated carbocycles. The highest BCUT2D eigenvalue weighted by Crippen LogP contribution is 2.39. The van der Waals surface area contributed by atoms with Gasteiger partial charge in [-0.1, -0.05) is 21.1 Å². The third-order valence-corrected chi connectivity index (χ3v) is 4.37. The molecular weight excluding hydrogens is 388 g/mol. The molecule has 0 fully saturated rings. The van der Waals surface area contributed by atoms with Gasteiger partial charge in [-0.3, -0.25) is 0 Å². The molecule has 0 aliphatic carbocycles. The van der Waals surface area contributed by atoms with Crippen molar-refractivity contribution in [2.24, 2.45) is 5.16 Å². The average Bonchev–Trinajstić information content (AvgIpc) is 3.03. The normalized spacial score (nSPS) is 11.6. The van der Waals surface area contributed by atoms with Crippen LogP contribution in [0.25, 0.3) is 10.9 Å². The molecule has 0 amide bonds. The van der Waals surface area contributed by atoms with Crippen LogP contribution in [0.15, 0.2) is 46.0 Å². The summed E-state index contributed by atoms with van der Waals surface area (Å²) in [5, 5.41) is 14.1. The van der Waals surface area contributed by atoms with E-state index in [9.17, 15) is 5.21 Å². The predicted octanol–water partition coefficient (Wildman–Crippen LogP) is 4.18. The molecule has 0 atom stereocenters. The molecule has 0 saturated heterocycles. The fourth-order valence-corrected chi connectivity index (χ4v) is 3.09. The number of hydrogen-bond acceptors (Lipinski definition) is 5. The summed E-state index contributed by atoms with van der Waals surface area (Å²) in [4.78, 5) is 3.25. The number of aromatic amines is 1. The number of benzene rings is 2. The number of H-pyrrole nitrogens is 1. The van der Waals surface area contributed by atoms with Crippen LogP contribution in [0.3, 0.4) is 0 Å². The van der Waals surface area contributed by atoms with Gasteiger partial charge >= 0.3 is 0 Å². The topological polar surface area (TPSA) is 76.1 Å². The van der Waals surface area contributed by atoms with Crippen LogP contribution in [0.5, 0.6) is 17.2 Å². The Balaban J connectivity index is 2.14. The van der Waals surface area contributed by atoms with Gasteiger partial charge in [0.25, 0.3) is 0 Å². The van der Waals surface area contributed by atoms with Gasteiger partial charge in [0.05, 0.1) is 27.0 Å². The van der Waals surface area contributed by atoms with E-state index in [0.29, 0.717) is 34.2 Å². The smallest absolute Gasteiger partial charge is 0.203 e. The minimum atomic E-state index is 0.367. The van der Waals surface area contributed by atoms with Gasteiger partial charge in [-0.15, -0.1) is 0 Å². The number of ether oxygens (including phenoxy) is 3. The van der Waals surface area contributed by atoms with Gasteiger partial charge in [0.2, 0.25) is 5.75 Å². The number of aromatic nitrogens is 1. The maximum absolute atomic E-state index is 9.61. The van der Waals surface area contributed by atoms with Crippen LogP contribution < -0.4 is 14.2 Å². The maximum Gasteiger partial charge on any atom is 0.203 e. The third kappa shape index (κ3) is 3.15. The highest BCUT2D eigenvalue weighted by Gasteiger charge is 2.18. The van der Waals surface area contributed by atoms with Gasteiger partial charge in [-0.25, -0.2) is 0 Å². The van der Waals surface area contributed by atoms with Crippen LogP contribution >= 0.6 is 15.9 Å². The van der Waals surface area contributed by atoms with E-state index in [0.717, 1.165) is 15.4 Å². The minimum absolute atomic E-state index is 0.367. The van der Waals surface area contributed by atoms with Crippen LogP contribution in [-0.4, -0.2) is 37.2 Å². The molecule has 6 nitrogen and oxygen atoms in total. The number of oxime groups is 1. The first-order valence-electron chi connectivity index (χ1n) is 7.42. The third-order valence-electron chi connectivity index (χ3n) is 3.88. The number of hydrogen-bond donors (Lipinski definition) is 2. The van der Waals surface area contributed by atoms with E-state index in [-0.39, 0.29) is 0 Å². The quantitative estimate of drug-likeness (QED) is 0.379. The summed E-state index contributed by atoms with van der Waals surface area (Å²) in [6, 6.07) is 11.3. The molecule has 0 unspecified atom stereocenters. The Morgan fingerprint density at radius 1 is 1.00 bits per heavy atom. The van der Waals surface area contributed by atoms with E-state index in [1.807, 2.05) is 24.3 Å². The molecule has 2 aromatic carbocycles. The van der Waals surface area contributed by atoms with Gasteiger partial charge in [0, 0.05) is 20.9 Å². The molecule has 1 heterocycles. The second kappa shape index (κ2) is 7.06. The lowest BCUT2D eigenvalue weighted by Gasteiger charge is -2.14. The standard InChI is InChI=1S/C18H17BrN2O4/c1-23-15-8-11(9-16(24-2)18(15)25-3)17(21-22)14-7-10-6-12(19)4-5-13(10)20-14/h4-9,20,22H,1-3H3. The van der Waals surface area contributed by atoms with Crippen molar-refractivity contribution in [3.63, 3.8) is 0 Å². The van der Waals surface area contributed by atoms with E-state index >= 15 is 0 Å². The van der Waals surface area contributed by atoms with Gasteiger partial charge in [0.1, 0.15) is 5.71 Å². The lowest BCUT2D eigenvalue weighted by atomic mass is 10.1. The van der Waals surface area contributed by atoms with Gasteiger partial charge in [-0.05, 0) is 36.4 Å². The van der Waals surface area contributed by atoms with Crippen molar-refractivity contribution in [1.29, 1.82) is 0 Å². The summed E-state index contributed by atoms with van der Waals surface area (Å²) in [7, 11) is 4.62. The predicted molar refractivity (Wildman–Crippen MR) is 99.5 cm³/mol. The molecule has 2 N–H and O–H groups in total. The summed E-state index contributed by atoms with van der Waals surface area (Å²) >= 11 is 3.45. The molecule has 0 aliphatic heterocycles. The molecule has 0 bridgehead atoms. The molecular formula is C18H17BrN2O4. The van der Waals surface area contributed by atoms with Gasteiger partial charge in [0.15, 0.2) is 11.5 Å². The number of methoxy groups -OCH3 is 3. The number of fused-ring (bicyclic) bond motifs is 1. The molecule has 3 rings (SSSR count). The number of nitrogens with zero attached hydrogens (tertiary/aromatic N) is 1.